The fourth-order valence-corrected chi connectivity index (χ4v) is 2.55. The van der Waals surface area contributed by atoms with Gasteiger partial charge in [-0.15, -0.1) is 0 Å². The van der Waals surface area contributed by atoms with Crippen molar-refractivity contribution in [1.29, 1.82) is 0 Å². The average molecular weight is 279 g/mol. The molecule has 0 radical (unpaired) electrons. The van der Waals surface area contributed by atoms with Crippen LogP contribution in [0.1, 0.15) is 18.4 Å². The Hall–Kier alpha value is -2.08. The Kier molecular flexibility index (Phi) is 3.67. The number of nitrogens with two attached hydrogens (primary N) is 1. The van der Waals surface area contributed by atoms with Crippen molar-refractivity contribution in [1.82, 2.24) is 0 Å². The van der Waals surface area contributed by atoms with Gasteiger partial charge in [0.15, 0.2) is 0 Å². The lowest BCUT2D eigenvalue weighted by atomic mass is 9.86. The molecule has 20 heavy (non-hydrogen) atoms. The molecule has 2 rings (SSSR count). The van der Waals surface area contributed by atoms with Crippen LogP contribution in [-0.2, 0) is 16.0 Å². The van der Waals surface area contributed by atoms with Crippen LogP contribution in [0.4, 0.5) is 0 Å². The Balaban J connectivity index is 2.07. The zero-order valence-corrected chi connectivity index (χ0v) is 10.8. The number of carboxylic acids is 2. The Bertz CT molecular complexity index is 544. The van der Waals surface area contributed by atoms with Crippen molar-refractivity contribution in [3.63, 3.8) is 0 Å². The molecule has 0 amide bonds. The number of rotatable bonds is 6. The van der Waals surface area contributed by atoms with Gasteiger partial charge in [-0.05, 0) is 37.0 Å². The van der Waals surface area contributed by atoms with Crippen molar-refractivity contribution in [2.75, 3.05) is 0 Å². The minimum Gasteiger partial charge on any atom is -0.508 e. The second kappa shape index (κ2) is 5.13. The summed E-state index contributed by atoms with van der Waals surface area (Å²) in [7, 11) is 0. The summed E-state index contributed by atoms with van der Waals surface area (Å²) in [4.78, 5) is 22.3. The molecule has 0 saturated heterocycles. The molecule has 5 N–H and O–H groups in total. The SMILES string of the molecule is N[C@@](CCc1cccc(O)c1)(C(=O)O)C1C[C@@H]1C(=O)O. The molecular weight excluding hydrogens is 262 g/mol. The molecule has 0 spiro atoms. The maximum absolute atomic E-state index is 11.4. The third-order valence-electron chi connectivity index (χ3n) is 3.91. The van der Waals surface area contributed by atoms with E-state index in [1.54, 1.807) is 18.2 Å². The zero-order chi connectivity index (χ0) is 14.9. The monoisotopic (exact) mass is 279 g/mol. The van der Waals surface area contributed by atoms with Gasteiger partial charge in [0, 0.05) is 5.92 Å². The van der Waals surface area contributed by atoms with Crippen LogP contribution in [0.2, 0.25) is 0 Å². The molecule has 1 aromatic carbocycles. The van der Waals surface area contributed by atoms with Crippen LogP contribution in [0, 0.1) is 11.8 Å². The summed E-state index contributed by atoms with van der Waals surface area (Å²) >= 11 is 0. The molecule has 1 saturated carbocycles. The van der Waals surface area contributed by atoms with Gasteiger partial charge in [0.1, 0.15) is 11.3 Å². The summed E-state index contributed by atoms with van der Waals surface area (Å²) < 4.78 is 0. The third-order valence-corrected chi connectivity index (χ3v) is 3.91. The molecule has 0 bridgehead atoms. The molecule has 6 heteroatoms. The van der Waals surface area contributed by atoms with Gasteiger partial charge in [-0.2, -0.15) is 0 Å². The van der Waals surface area contributed by atoms with Gasteiger partial charge >= 0.3 is 11.9 Å². The van der Waals surface area contributed by atoms with E-state index < -0.39 is 29.3 Å². The van der Waals surface area contributed by atoms with E-state index >= 15 is 0 Å². The van der Waals surface area contributed by atoms with E-state index in [0.29, 0.717) is 12.8 Å². The van der Waals surface area contributed by atoms with Crippen LogP contribution in [0.3, 0.4) is 0 Å². The molecule has 0 aliphatic heterocycles. The number of phenolic OH excluding ortho intramolecular Hbond substituents is 1. The molecule has 1 aliphatic carbocycles. The molecule has 1 aliphatic rings. The number of aliphatic carboxylic acids is 2. The van der Waals surface area contributed by atoms with E-state index in [0.717, 1.165) is 5.56 Å². The Labute approximate surface area is 115 Å². The highest BCUT2D eigenvalue weighted by atomic mass is 16.4. The molecule has 1 aromatic rings. The smallest absolute Gasteiger partial charge is 0.324 e. The van der Waals surface area contributed by atoms with Crippen LogP contribution in [0.5, 0.6) is 5.75 Å². The van der Waals surface area contributed by atoms with E-state index in [2.05, 4.69) is 0 Å². The number of aryl methyl sites for hydroxylation is 1. The maximum atomic E-state index is 11.4. The predicted molar refractivity (Wildman–Crippen MR) is 70.2 cm³/mol. The fourth-order valence-electron chi connectivity index (χ4n) is 2.55. The van der Waals surface area contributed by atoms with Crippen LogP contribution in [0.15, 0.2) is 24.3 Å². The van der Waals surface area contributed by atoms with E-state index in [4.69, 9.17) is 10.8 Å². The van der Waals surface area contributed by atoms with Crippen LogP contribution in [0.25, 0.3) is 0 Å². The minimum atomic E-state index is -1.53. The number of carbonyl (C=O) groups is 2. The van der Waals surface area contributed by atoms with E-state index in [1.807, 2.05) is 0 Å². The molecule has 0 heterocycles. The van der Waals surface area contributed by atoms with Gasteiger partial charge < -0.3 is 21.1 Å². The first-order valence-corrected chi connectivity index (χ1v) is 6.37. The van der Waals surface area contributed by atoms with Crippen LogP contribution >= 0.6 is 0 Å². The quantitative estimate of drug-likeness (QED) is 0.612. The van der Waals surface area contributed by atoms with Gasteiger partial charge in [-0.1, -0.05) is 12.1 Å². The molecular formula is C14H17NO5. The average Bonchev–Trinajstić information content (AvgIpc) is 3.16. The van der Waals surface area contributed by atoms with Crippen molar-refractivity contribution in [3.8, 4) is 5.75 Å². The highest BCUT2D eigenvalue weighted by Crippen LogP contribution is 2.47. The second-order valence-corrected chi connectivity index (χ2v) is 5.30. The zero-order valence-electron chi connectivity index (χ0n) is 10.8. The predicted octanol–water partition coefficient (Wildman–Crippen LogP) is 0.828. The fraction of sp³-hybridized carbons (Fsp3) is 0.429. The van der Waals surface area contributed by atoms with Crippen molar-refractivity contribution in [2.45, 2.75) is 24.8 Å². The normalized spacial score (nSPS) is 23.9. The van der Waals surface area contributed by atoms with Crippen molar-refractivity contribution >= 4 is 11.9 Å². The van der Waals surface area contributed by atoms with Gasteiger partial charge in [0.25, 0.3) is 0 Å². The molecule has 6 nitrogen and oxygen atoms in total. The standard InChI is InChI=1S/C14H17NO5/c15-14(13(19)20,11-7-10(11)12(17)18)5-4-8-2-1-3-9(16)6-8/h1-3,6,10-11,16H,4-5,7,15H2,(H,17,18)(H,19,20)/t10-,11?,14+/m0/s1. The lowest BCUT2D eigenvalue weighted by Gasteiger charge is -2.25. The van der Waals surface area contributed by atoms with Gasteiger partial charge in [0.2, 0.25) is 0 Å². The molecule has 108 valence electrons. The summed E-state index contributed by atoms with van der Waals surface area (Å²) in [6, 6.07) is 6.51. The maximum Gasteiger partial charge on any atom is 0.324 e. The van der Waals surface area contributed by atoms with Crippen molar-refractivity contribution in [3.05, 3.63) is 29.8 Å². The number of benzene rings is 1. The van der Waals surface area contributed by atoms with Gasteiger partial charge in [0.05, 0.1) is 5.92 Å². The second-order valence-electron chi connectivity index (χ2n) is 5.30. The Morgan fingerprint density at radius 2 is 2.05 bits per heavy atom. The van der Waals surface area contributed by atoms with E-state index in [-0.39, 0.29) is 12.2 Å². The lowest BCUT2D eigenvalue weighted by Crippen LogP contribution is -2.51. The number of phenols is 1. The summed E-state index contributed by atoms with van der Waals surface area (Å²) in [5.41, 5.74) is 5.17. The number of aromatic hydroxyl groups is 1. The van der Waals surface area contributed by atoms with Gasteiger partial charge in [-0.3, -0.25) is 9.59 Å². The number of carboxylic acid groups (broad SMARTS) is 2. The molecule has 0 aromatic heterocycles. The van der Waals surface area contributed by atoms with Crippen molar-refractivity contribution in [2.24, 2.45) is 17.6 Å². The first-order valence-electron chi connectivity index (χ1n) is 6.37. The number of hydrogen-bond acceptors (Lipinski definition) is 4. The van der Waals surface area contributed by atoms with Crippen LogP contribution in [-0.4, -0.2) is 32.8 Å². The molecule has 3 atom stereocenters. The lowest BCUT2D eigenvalue weighted by molar-refractivity contribution is -0.145. The van der Waals surface area contributed by atoms with E-state index in [9.17, 15) is 19.8 Å². The first kappa shape index (κ1) is 14.3. The van der Waals surface area contributed by atoms with Crippen molar-refractivity contribution < 1.29 is 24.9 Å². The Morgan fingerprint density at radius 3 is 2.55 bits per heavy atom. The summed E-state index contributed by atoms with van der Waals surface area (Å²) in [5, 5.41) is 27.6. The Morgan fingerprint density at radius 1 is 1.35 bits per heavy atom. The molecule has 1 fully saturated rings. The highest BCUT2D eigenvalue weighted by Gasteiger charge is 2.57. The highest BCUT2D eigenvalue weighted by molar-refractivity contribution is 5.83. The largest absolute Gasteiger partial charge is 0.508 e. The van der Waals surface area contributed by atoms with Crippen LogP contribution < -0.4 is 5.73 Å². The van der Waals surface area contributed by atoms with Gasteiger partial charge in [-0.25, -0.2) is 0 Å². The van der Waals surface area contributed by atoms with E-state index in [1.165, 1.54) is 6.07 Å². The topological polar surface area (TPSA) is 121 Å². The minimum absolute atomic E-state index is 0.107. The summed E-state index contributed by atoms with van der Waals surface area (Å²) in [6.45, 7) is 0. The number of hydrogen-bond donors (Lipinski definition) is 4. The summed E-state index contributed by atoms with van der Waals surface area (Å²) in [5.74, 6) is -3.26. The summed E-state index contributed by atoms with van der Waals surface area (Å²) in [6.07, 6.45) is 0.818. The first-order chi connectivity index (χ1) is 9.34. The third kappa shape index (κ3) is 2.75. The molecule has 1 unspecified atom stereocenters.